The zero-order valence-electron chi connectivity index (χ0n) is 24.1. The SMILES string of the molecule is FC(F)=C(F)OCOCOCOCOCOC(F)=C(F)F.FC(F)=C(F)Oc1cc[c-]cc1.FC(F)=C(F)Oc1cc[c-]cc1.[CH3-].[Y].[Y]. The molecule has 2 radical (unpaired) electrons. The minimum absolute atomic E-state index is 0. The van der Waals surface area contributed by atoms with E-state index in [2.05, 4.69) is 50.0 Å². The maximum Gasteiger partial charge on any atom is 0.342 e. The topological polar surface area (TPSA) is 73.8 Å². The molecule has 266 valence electrons. The van der Waals surface area contributed by atoms with Crippen molar-refractivity contribution in [1.29, 1.82) is 0 Å². The fraction of sp³-hybridized carbons (Fsp3) is 0.192. The third-order valence-corrected chi connectivity index (χ3v) is 3.42. The molecular weight excluding hydrogens is 846 g/mol. The molecule has 0 amide bonds. The molecule has 0 fully saturated rings. The van der Waals surface area contributed by atoms with Gasteiger partial charge in [0.05, 0.1) is 0 Å². The Morgan fingerprint density at radius 1 is 0.417 bits per heavy atom. The molecule has 8 nitrogen and oxygen atoms in total. The standard InChI is InChI=1S/C9H10F6O6.2C8H4F3O.CH3.2Y/c10-6(11)8(14)20-4-18-2-16-1-17-3-19-5-21-9(15)7(12)13;2*9-7(10)8(11)12-6-4-2-1-3-5-6;;;/h1-5H2;2*2-5H;1H3;;/q;3*-1;;. The van der Waals surface area contributed by atoms with Crippen LogP contribution >= 0.6 is 0 Å². The number of benzene rings is 2. The van der Waals surface area contributed by atoms with Crippen LogP contribution in [0.1, 0.15) is 0 Å². The van der Waals surface area contributed by atoms with E-state index in [1.54, 1.807) is 0 Å². The molecule has 0 aliphatic heterocycles. The minimum Gasteiger partial charge on any atom is -0.455 e. The van der Waals surface area contributed by atoms with Crippen LogP contribution in [0.3, 0.4) is 0 Å². The average molecular weight is 867 g/mol. The van der Waals surface area contributed by atoms with Crippen LogP contribution < -0.4 is 9.47 Å². The molecule has 0 N–H and O–H groups in total. The first kappa shape index (κ1) is 52.6. The molecule has 0 atom stereocenters. The van der Waals surface area contributed by atoms with Gasteiger partial charge in [0.15, 0.2) is 34.0 Å². The molecule has 2 rings (SSSR count). The van der Waals surface area contributed by atoms with Crippen LogP contribution in [0, 0.1) is 19.6 Å². The fourth-order valence-corrected chi connectivity index (χ4v) is 1.77. The number of hydrogen-bond acceptors (Lipinski definition) is 8. The Labute approximate surface area is 316 Å². The van der Waals surface area contributed by atoms with Gasteiger partial charge in [0.2, 0.25) is 0 Å². The summed E-state index contributed by atoms with van der Waals surface area (Å²) in [6.45, 7) is -2.96. The zero-order valence-corrected chi connectivity index (χ0v) is 29.8. The van der Waals surface area contributed by atoms with Crippen molar-refractivity contribution in [1.82, 2.24) is 0 Å². The molecular formula is C26H21F12O8Y2-3. The summed E-state index contributed by atoms with van der Waals surface area (Å²) in [7, 11) is 0. The van der Waals surface area contributed by atoms with Crippen molar-refractivity contribution in [2.45, 2.75) is 0 Å². The van der Waals surface area contributed by atoms with Crippen molar-refractivity contribution in [3.8, 4) is 11.5 Å². The van der Waals surface area contributed by atoms with Gasteiger partial charge in [-0.05, 0) is 0 Å². The average Bonchev–Trinajstić information content (AvgIpc) is 3.01. The van der Waals surface area contributed by atoms with E-state index in [1.807, 2.05) is 0 Å². The van der Waals surface area contributed by atoms with Gasteiger partial charge in [-0.15, -0.1) is 24.3 Å². The Morgan fingerprint density at radius 3 is 0.917 bits per heavy atom. The van der Waals surface area contributed by atoms with E-state index in [9.17, 15) is 52.7 Å². The maximum absolute atomic E-state index is 12.1. The molecule has 0 aromatic heterocycles. The first-order chi connectivity index (χ1) is 21.3. The monoisotopic (exact) mass is 867 g/mol. The quantitative estimate of drug-likeness (QED) is 0.0544. The van der Waals surface area contributed by atoms with Gasteiger partial charge in [0.25, 0.3) is 0 Å². The van der Waals surface area contributed by atoms with Gasteiger partial charge in [-0.1, -0.05) is 0 Å². The van der Waals surface area contributed by atoms with Crippen LogP contribution in [-0.2, 0) is 93.8 Å². The first-order valence-corrected chi connectivity index (χ1v) is 11.0. The molecule has 2 aromatic carbocycles. The van der Waals surface area contributed by atoms with Crippen molar-refractivity contribution in [2.75, 3.05) is 34.0 Å². The zero-order chi connectivity index (χ0) is 34.0. The summed E-state index contributed by atoms with van der Waals surface area (Å²) in [5.74, 6) is 0.0260. The Balaban J connectivity index is -0.000000310. The molecule has 0 saturated carbocycles. The molecule has 0 unspecified atom stereocenters. The Hall–Kier alpha value is -2.19. The second-order valence-electron chi connectivity index (χ2n) is 6.51. The number of rotatable bonds is 16. The third-order valence-electron chi connectivity index (χ3n) is 3.42. The van der Waals surface area contributed by atoms with Crippen molar-refractivity contribution < 1.29 is 156 Å². The maximum atomic E-state index is 12.1. The molecule has 22 heteroatoms. The summed E-state index contributed by atoms with van der Waals surface area (Å²) >= 11 is 0. The smallest absolute Gasteiger partial charge is 0.342 e. The van der Waals surface area contributed by atoms with Gasteiger partial charge < -0.3 is 45.3 Å². The van der Waals surface area contributed by atoms with Crippen molar-refractivity contribution in [3.05, 3.63) is 116 Å². The second-order valence-corrected chi connectivity index (χ2v) is 6.51. The summed E-state index contributed by atoms with van der Waals surface area (Å²) < 4.78 is 174. The number of halogens is 12. The van der Waals surface area contributed by atoms with Gasteiger partial charge in [0, 0.05) is 76.9 Å². The van der Waals surface area contributed by atoms with E-state index >= 15 is 0 Å². The largest absolute Gasteiger partial charge is 0.455 e. The first-order valence-electron chi connectivity index (χ1n) is 11.0. The van der Waals surface area contributed by atoms with Crippen LogP contribution in [0.5, 0.6) is 11.5 Å². The van der Waals surface area contributed by atoms with E-state index in [1.165, 1.54) is 48.5 Å². The molecule has 0 spiro atoms. The summed E-state index contributed by atoms with van der Waals surface area (Å²) in [4.78, 5) is 0. The van der Waals surface area contributed by atoms with E-state index in [0.717, 1.165) is 0 Å². The molecule has 2 aromatic rings. The summed E-state index contributed by atoms with van der Waals surface area (Å²) in [6.07, 6.45) is -10.2. The van der Waals surface area contributed by atoms with Crippen LogP contribution in [-0.4, -0.2) is 34.0 Å². The Kier molecular flexibility index (Phi) is 36.5. The van der Waals surface area contributed by atoms with Crippen LogP contribution in [0.25, 0.3) is 0 Å². The molecule has 0 bridgehead atoms. The van der Waals surface area contributed by atoms with E-state index in [4.69, 9.17) is 0 Å². The van der Waals surface area contributed by atoms with Gasteiger partial charge >= 0.3 is 48.4 Å². The summed E-state index contributed by atoms with van der Waals surface area (Å²) in [6, 6.07) is 8.39. The van der Waals surface area contributed by atoms with Crippen LogP contribution in [0.15, 0.2) is 96.9 Å². The molecule has 48 heavy (non-hydrogen) atoms. The van der Waals surface area contributed by atoms with Crippen molar-refractivity contribution in [2.24, 2.45) is 0 Å². The predicted molar refractivity (Wildman–Crippen MR) is 130 cm³/mol. The predicted octanol–water partition coefficient (Wildman–Crippen LogP) is 9.19. The molecule has 0 aliphatic carbocycles. The Bertz CT molecular complexity index is 1120. The number of hydrogen-bond donors (Lipinski definition) is 0. The van der Waals surface area contributed by atoms with Crippen molar-refractivity contribution in [3.63, 3.8) is 0 Å². The van der Waals surface area contributed by atoms with Crippen molar-refractivity contribution >= 4 is 0 Å². The van der Waals surface area contributed by atoms with Crippen LogP contribution in [0.2, 0.25) is 0 Å². The normalized spacial score (nSPS) is 9.08. The van der Waals surface area contributed by atoms with E-state index < -0.39 is 82.3 Å². The molecule has 0 saturated heterocycles. The fourth-order valence-electron chi connectivity index (χ4n) is 1.77. The second kappa shape index (κ2) is 33.3. The van der Waals surface area contributed by atoms with E-state index in [0.29, 0.717) is 0 Å². The number of ether oxygens (including phenoxy) is 8. The summed E-state index contributed by atoms with van der Waals surface area (Å²) in [5, 5.41) is 0. The van der Waals surface area contributed by atoms with Gasteiger partial charge in [0.1, 0.15) is 0 Å². The van der Waals surface area contributed by atoms with Gasteiger partial charge in [-0.25, -0.2) is 0 Å². The minimum atomic E-state index is -2.62. The van der Waals surface area contributed by atoms with E-state index in [-0.39, 0.29) is 84.3 Å². The molecule has 0 heterocycles. The third kappa shape index (κ3) is 29.9. The molecule has 0 aliphatic rings. The van der Waals surface area contributed by atoms with Crippen LogP contribution in [0.4, 0.5) is 52.7 Å². The summed E-state index contributed by atoms with van der Waals surface area (Å²) in [5.41, 5.74) is 0. The Morgan fingerprint density at radius 2 is 0.667 bits per heavy atom. The van der Waals surface area contributed by atoms with Gasteiger partial charge in [-0.2, -0.15) is 89.1 Å². The van der Waals surface area contributed by atoms with Gasteiger partial charge in [-0.3, -0.25) is 0 Å².